The number of benzene rings is 1. The number of carbonyl (C=O) groups excluding carboxylic acids is 1. The molecular formula is C22H24FN9O2S. The van der Waals surface area contributed by atoms with Crippen LogP contribution in [0.1, 0.15) is 19.4 Å². The first kappa shape index (κ1) is 24.1. The van der Waals surface area contributed by atoms with Crippen LogP contribution in [0.25, 0.3) is 5.78 Å². The SMILES string of the molecule is CCNc1nc(NCC)n2c(SCC(=O)NCc3ccnc(Oc4ccc(F)cc4)c3)nnc2n1. The highest BCUT2D eigenvalue weighted by atomic mass is 32.2. The summed E-state index contributed by atoms with van der Waals surface area (Å²) in [6.07, 6.45) is 1.58. The monoisotopic (exact) mass is 497 g/mol. The predicted octanol–water partition coefficient (Wildman–Crippen LogP) is 3.12. The van der Waals surface area contributed by atoms with Crippen LogP contribution in [0.2, 0.25) is 0 Å². The molecule has 0 spiro atoms. The van der Waals surface area contributed by atoms with E-state index in [-0.39, 0.29) is 17.5 Å². The lowest BCUT2D eigenvalue weighted by molar-refractivity contribution is -0.118. The fourth-order valence-corrected chi connectivity index (χ4v) is 3.78. The summed E-state index contributed by atoms with van der Waals surface area (Å²) in [5, 5.41) is 17.9. The summed E-state index contributed by atoms with van der Waals surface area (Å²) in [7, 11) is 0. The lowest BCUT2D eigenvalue weighted by Crippen LogP contribution is -2.24. The van der Waals surface area contributed by atoms with Crippen molar-refractivity contribution in [3.05, 3.63) is 54.0 Å². The van der Waals surface area contributed by atoms with Gasteiger partial charge in [0.25, 0.3) is 5.78 Å². The van der Waals surface area contributed by atoms with Crippen LogP contribution in [0.4, 0.5) is 16.3 Å². The summed E-state index contributed by atoms with van der Waals surface area (Å²) in [6.45, 7) is 5.53. The van der Waals surface area contributed by atoms with Crippen LogP contribution in [0.3, 0.4) is 0 Å². The lowest BCUT2D eigenvalue weighted by Gasteiger charge is -2.10. The molecule has 0 fully saturated rings. The van der Waals surface area contributed by atoms with Crippen molar-refractivity contribution in [2.45, 2.75) is 25.5 Å². The fourth-order valence-electron chi connectivity index (χ4n) is 3.02. The molecule has 11 nitrogen and oxygen atoms in total. The van der Waals surface area contributed by atoms with Crippen molar-refractivity contribution < 1.29 is 13.9 Å². The minimum Gasteiger partial charge on any atom is -0.439 e. The molecule has 3 heterocycles. The van der Waals surface area contributed by atoms with Gasteiger partial charge < -0.3 is 20.7 Å². The zero-order chi connectivity index (χ0) is 24.6. The number of nitrogens with zero attached hydrogens (tertiary/aromatic N) is 6. The van der Waals surface area contributed by atoms with Gasteiger partial charge in [0.2, 0.25) is 23.7 Å². The number of nitrogens with one attached hydrogen (secondary N) is 3. The van der Waals surface area contributed by atoms with E-state index < -0.39 is 0 Å². The largest absolute Gasteiger partial charge is 0.439 e. The zero-order valence-electron chi connectivity index (χ0n) is 19.2. The number of halogens is 1. The molecule has 0 aliphatic rings. The molecule has 0 saturated carbocycles. The Hall–Kier alpha value is -4.00. The maximum atomic E-state index is 13.1. The van der Waals surface area contributed by atoms with E-state index in [0.29, 0.717) is 54.1 Å². The Morgan fingerprint density at radius 3 is 2.66 bits per heavy atom. The van der Waals surface area contributed by atoms with E-state index in [1.54, 1.807) is 22.7 Å². The van der Waals surface area contributed by atoms with Gasteiger partial charge in [-0.3, -0.25) is 4.79 Å². The third kappa shape index (κ3) is 6.32. The van der Waals surface area contributed by atoms with Crippen LogP contribution in [0.5, 0.6) is 11.6 Å². The molecule has 13 heteroatoms. The highest BCUT2D eigenvalue weighted by Crippen LogP contribution is 2.22. The third-order valence-electron chi connectivity index (χ3n) is 4.57. The molecule has 0 atom stereocenters. The van der Waals surface area contributed by atoms with Crippen molar-refractivity contribution in [3.63, 3.8) is 0 Å². The molecule has 182 valence electrons. The molecule has 4 aromatic rings. The first-order valence-electron chi connectivity index (χ1n) is 10.9. The number of thioether (sulfide) groups is 1. The molecule has 1 aromatic carbocycles. The molecule has 1 amide bonds. The number of fused-ring (bicyclic) bond motifs is 1. The van der Waals surface area contributed by atoms with E-state index in [0.717, 1.165) is 5.56 Å². The summed E-state index contributed by atoms with van der Waals surface area (Å²) in [4.78, 5) is 25.4. The number of rotatable bonds is 11. The second-order valence-corrected chi connectivity index (χ2v) is 8.12. The average Bonchev–Trinajstić information content (AvgIpc) is 3.27. The van der Waals surface area contributed by atoms with Gasteiger partial charge in [-0.1, -0.05) is 11.8 Å². The van der Waals surface area contributed by atoms with Crippen LogP contribution >= 0.6 is 11.8 Å². The van der Waals surface area contributed by atoms with Crippen molar-refractivity contribution in [2.75, 3.05) is 29.5 Å². The van der Waals surface area contributed by atoms with E-state index in [1.807, 2.05) is 13.8 Å². The second-order valence-electron chi connectivity index (χ2n) is 7.17. The molecule has 3 N–H and O–H groups in total. The first-order chi connectivity index (χ1) is 17.1. The molecule has 4 rings (SSSR count). The Bertz CT molecular complexity index is 1300. The maximum Gasteiger partial charge on any atom is 0.261 e. The van der Waals surface area contributed by atoms with Crippen LogP contribution in [0, 0.1) is 5.82 Å². The Balaban J connectivity index is 1.35. The van der Waals surface area contributed by atoms with Gasteiger partial charge in [-0.15, -0.1) is 10.2 Å². The molecule has 35 heavy (non-hydrogen) atoms. The topological polar surface area (TPSA) is 131 Å². The minimum absolute atomic E-state index is 0.130. The number of ether oxygens (including phenoxy) is 1. The quantitative estimate of drug-likeness (QED) is 0.266. The Morgan fingerprint density at radius 2 is 1.89 bits per heavy atom. The average molecular weight is 498 g/mol. The summed E-state index contributed by atoms with van der Waals surface area (Å²) >= 11 is 1.23. The number of carbonyl (C=O) groups is 1. The van der Waals surface area contributed by atoms with Gasteiger partial charge in [0, 0.05) is 31.9 Å². The van der Waals surface area contributed by atoms with Gasteiger partial charge in [-0.05, 0) is 49.7 Å². The van der Waals surface area contributed by atoms with Crippen LogP contribution in [0.15, 0.2) is 47.8 Å². The molecule has 0 radical (unpaired) electrons. The number of amides is 1. The van der Waals surface area contributed by atoms with Gasteiger partial charge >= 0.3 is 0 Å². The van der Waals surface area contributed by atoms with Gasteiger partial charge in [0.05, 0.1) is 5.75 Å². The fraction of sp³-hybridized carbons (Fsp3) is 0.273. The van der Waals surface area contributed by atoms with E-state index in [9.17, 15) is 9.18 Å². The zero-order valence-corrected chi connectivity index (χ0v) is 20.0. The normalized spacial score (nSPS) is 10.8. The summed E-state index contributed by atoms with van der Waals surface area (Å²) in [6, 6.07) is 9.15. The van der Waals surface area contributed by atoms with E-state index in [4.69, 9.17) is 4.74 Å². The molecule has 0 aliphatic heterocycles. The van der Waals surface area contributed by atoms with Gasteiger partial charge in [0.1, 0.15) is 11.6 Å². The Morgan fingerprint density at radius 1 is 1.09 bits per heavy atom. The van der Waals surface area contributed by atoms with E-state index in [1.165, 1.54) is 36.0 Å². The van der Waals surface area contributed by atoms with Gasteiger partial charge in [0.15, 0.2) is 5.16 Å². The van der Waals surface area contributed by atoms with Crippen molar-refractivity contribution in [2.24, 2.45) is 0 Å². The van der Waals surface area contributed by atoms with Crippen LogP contribution in [-0.4, -0.2) is 54.3 Å². The lowest BCUT2D eigenvalue weighted by atomic mass is 10.2. The number of aromatic nitrogens is 6. The van der Waals surface area contributed by atoms with Gasteiger partial charge in [-0.2, -0.15) is 9.97 Å². The molecule has 0 aliphatic carbocycles. The van der Waals surface area contributed by atoms with Crippen molar-refractivity contribution in [1.29, 1.82) is 0 Å². The van der Waals surface area contributed by atoms with Crippen LogP contribution in [-0.2, 0) is 11.3 Å². The second kappa shape index (κ2) is 11.4. The van der Waals surface area contributed by atoms with E-state index >= 15 is 0 Å². The summed E-state index contributed by atoms with van der Waals surface area (Å²) in [5.74, 6) is 1.81. The predicted molar refractivity (Wildman–Crippen MR) is 130 cm³/mol. The van der Waals surface area contributed by atoms with Crippen molar-refractivity contribution in [1.82, 2.24) is 34.9 Å². The third-order valence-corrected chi connectivity index (χ3v) is 5.50. The Labute approximate surface area is 204 Å². The number of hydrogen-bond donors (Lipinski definition) is 3. The smallest absolute Gasteiger partial charge is 0.261 e. The molecule has 0 saturated heterocycles. The molecule has 3 aromatic heterocycles. The number of pyridine rings is 1. The van der Waals surface area contributed by atoms with E-state index in [2.05, 4.69) is 41.1 Å². The first-order valence-corrected chi connectivity index (χ1v) is 11.9. The minimum atomic E-state index is -0.345. The highest BCUT2D eigenvalue weighted by Gasteiger charge is 2.16. The molecular weight excluding hydrogens is 473 g/mol. The van der Waals surface area contributed by atoms with Crippen LogP contribution < -0.4 is 20.7 Å². The highest BCUT2D eigenvalue weighted by molar-refractivity contribution is 7.99. The molecule has 0 bridgehead atoms. The standard InChI is InChI=1S/C22H24FN9O2S/c1-3-24-19-28-20(25-4-2)32-21(29-19)30-31-22(32)35-13-17(33)27-12-14-9-10-26-18(11-14)34-16-7-5-15(23)6-8-16/h5-11H,3-4,12-13H2,1-2H3,(H,27,33)(H2,24,25,28,29,30). The van der Waals surface area contributed by atoms with Crippen molar-refractivity contribution in [3.8, 4) is 11.6 Å². The summed E-state index contributed by atoms with van der Waals surface area (Å²) in [5.41, 5.74) is 0.808. The number of hydrogen-bond acceptors (Lipinski definition) is 10. The number of anilines is 2. The Kier molecular flexibility index (Phi) is 7.88. The van der Waals surface area contributed by atoms with Gasteiger partial charge in [-0.25, -0.2) is 13.8 Å². The summed E-state index contributed by atoms with van der Waals surface area (Å²) < 4.78 is 20.4. The van der Waals surface area contributed by atoms with Crippen molar-refractivity contribution >= 4 is 35.3 Å². The molecule has 0 unspecified atom stereocenters. The maximum absolute atomic E-state index is 13.1.